The summed E-state index contributed by atoms with van der Waals surface area (Å²) in [7, 11) is 0. The number of hydrogen-bond donors (Lipinski definition) is 2. The Kier molecular flexibility index (Phi) is 7.79. The molecule has 1 aromatic carbocycles. The molecule has 1 unspecified atom stereocenters. The minimum absolute atomic E-state index is 0.0806. The quantitative estimate of drug-likeness (QED) is 0.673. The molecule has 0 saturated carbocycles. The summed E-state index contributed by atoms with van der Waals surface area (Å²) in [6, 6.07) is 2.15. The molecule has 1 rings (SSSR count). The van der Waals surface area contributed by atoms with E-state index >= 15 is 0 Å². The van der Waals surface area contributed by atoms with Crippen LogP contribution >= 0.6 is 11.6 Å². The van der Waals surface area contributed by atoms with Crippen molar-refractivity contribution in [3.63, 3.8) is 0 Å². The Bertz CT molecular complexity index is 526. The van der Waals surface area contributed by atoms with Crippen molar-refractivity contribution in [3.05, 3.63) is 34.6 Å². The summed E-state index contributed by atoms with van der Waals surface area (Å²) >= 11 is 5.54. The van der Waals surface area contributed by atoms with Gasteiger partial charge in [0.15, 0.2) is 6.04 Å². The zero-order valence-corrected chi connectivity index (χ0v) is 12.7. The first-order valence-electron chi connectivity index (χ1n) is 6.58. The lowest BCUT2D eigenvalue weighted by Crippen LogP contribution is -2.36. The summed E-state index contributed by atoms with van der Waals surface area (Å²) in [4.78, 5) is 22.9. The minimum atomic E-state index is -1.38. The summed E-state index contributed by atoms with van der Waals surface area (Å²) in [6.07, 6.45) is 0. The average molecular weight is 334 g/mol. The van der Waals surface area contributed by atoms with Crippen molar-refractivity contribution < 1.29 is 28.6 Å². The van der Waals surface area contributed by atoms with Gasteiger partial charge in [0.25, 0.3) is 0 Å². The second-order valence-electron chi connectivity index (χ2n) is 4.26. The van der Waals surface area contributed by atoms with Gasteiger partial charge in [-0.05, 0) is 24.6 Å². The highest BCUT2D eigenvalue weighted by Crippen LogP contribution is 2.20. The van der Waals surface area contributed by atoms with Gasteiger partial charge in [-0.3, -0.25) is 4.79 Å². The number of amides is 1. The van der Waals surface area contributed by atoms with Crippen molar-refractivity contribution in [2.45, 2.75) is 13.0 Å². The van der Waals surface area contributed by atoms with E-state index in [4.69, 9.17) is 26.2 Å². The van der Waals surface area contributed by atoms with Crippen molar-refractivity contribution in [3.8, 4) is 0 Å². The van der Waals surface area contributed by atoms with Crippen LogP contribution in [0.3, 0.4) is 0 Å². The summed E-state index contributed by atoms with van der Waals surface area (Å²) in [5.74, 6) is -2.70. The Morgan fingerprint density at radius 1 is 1.36 bits per heavy atom. The monoisotopic (exact) mass is 333 g/mol. The SMILES string of the molecule is CCOCCOCC(=O)NC(C(=O)O)c1ccc(Cl)c(F)c1. The zero-order chi connectivity index (χ0) is 16.5. The van der Waals surface area contributed by atoms with Gasteiger partial charge in [0, 0.05) is 6.61 Å². The van der Waals surface area contributed by atoms with Crippen molar-refractivity contribution in [1.29, 1.82) is 0 Å². The molecule has 1 atom stereocenters. The van der Waals surface area contributed by atoms with Crippen LogP contribution in [0.2, 0.25) is 5.02 Å². The van der Waals surface area contributed by atoms with Gasteiger partial charge in [0.2, 0.25) is 5.91 Å². The number of aliphatic carboxylic acids is 1. The largest absolute Gasteiger partial charge is 0.479 e. The van der Waals surface area contributed by atoms with Gasteiger partial charge in [-0.15, -0.1) is 0 Å². The molecule has 0 spiro atoms. The molecule has 0 fully saturated rings. The first kappa shape index (κ1) is 18.3. The second kappa shape index (κ2) is 9.34. The van der Waals surface area contributed by atoms with Crippen LogP contribution in [0.1, 0.15) is 18.5 Å². The molecule has 0 aliphatic heterocycles. The highest BCUT2D eigenvalue weighted by Gasteiger charge is 2.23. The molecule has 1 aromatic rings. The molecule has 0 aliphatic rings. The standard InChI is InChI=1S/C14H17ClFNO5/c1-2-21-5-6-22-8-12(18)17-13(14(19)20)9-3-4-10(15)11(16)7-9/h3-4,7,13H,2,5-6,8H2,1H3,(H,17,18)(H,19,20). The molecule has 6 nitrogen and oxygen atoms in total. The highest BCUT2D eigenvalue weighted by atomic mass is 35.5. The smallest absolute Gasteiger partial charge is 0.330 e. The van der Waals surface area contributed by atoms with Crippen molar-refractivity contribution in [2.75, 3.05) is 26.4 Å². The number of carboxylic acid groups (broad SMARTS) is 1. The molecular formula is C14H17ClFNO5. The number of benzene rings is 1. The first-order chi connectivity index (χ1) is 10.5. The Balaban J connectivity index is 2.59. The van der Waals surface area contributed by atoms with Crippen LogP contribution in [-0.4, -0.2) is 43.4 Å². The van der Waals surface area contributed by atoms with E-state index in [2.05, 4.69) is 5.32 Å². The molecule has 2 N–H and O–H groups in total. The molecule has 0 radical (unpaired) electrons. The average Bonchev–Trinajstić information content (AvgIpc) is 2.47. The number of hydrogen-bond acceptors (Lipinski definition) is 4. The lowest BCUT2D eigenvalue weighted by molar-refractivity contribution is -0.142. The van der Waals surface area contributed by atoms with Crippen LogP contribution in [0.25, 0.3) is 0 Å². The fraction of sp³-hybridized carbons (Fsp3) is 0.429. The lowest BCUT2D eigenvalue weighted by atomic mass is 10.1. The van der Waals surface area contributed by atoms with Crippen LogP contribution < -0.4 is 5.32 Å². The van der Waals surface area contributed by atoms with Gasteiger partial charge in [-0.2, -0.15) is 0 Å². The maximum absolute atomic E-state index is 13.4. The molecule has 0 heterocycles. The Hall–Kier alpha value is -1.70. The molecule has 0 saturated heterocycles. The van der Waals surface area contributed by atoms with Crippen molar-refractivity contribution in [2.24, 2.45) is 0 Å². The van der Waals surface area contributed by atoms with E-state index in [0.717, 1.165) is 6.07 Å². The molecule has 122 valence electrons. The van der Waals surface area contributed by atoms with Gasteiger partial charge in [-0.25, -0.2) is 9.18 Å². The maximum Gasteiger partial charge on any atom is 0.330 e. The Morgan fingerprint density at radius 2 is 2.05 bits per heavy atom. The number of halogens is 2. The van der Waals surface area contributed by atoms with Gasteiger partial charge in [0.1, 0.15) is 12.4 Å². The number of nitrogens with one attached hydrogen (secondary N) is 1. The maximum atomic E-state index is 13.4. The van der Waals surface area contributed by atoms with E-state index in [1.807, 2.05) is 6.92 Å². The Morgan fingerprint density at radius 3 is 2.64 bits per heavy atom. The molecule has 1 amide bonds. The van der Waals surface area contributed by atoms with Crippen LogP contribution in [0, 0.1) is 5.82 Å². The zero-order valence-electron chi connectivity index (χ0n) is 12.0. The van der Waals surface area contributed by atoms with Gasteiger partial charge in [0.05, 0.1) is 18.2 Å². The van der Waals surface area contributed by atoms with Crippen molar-refractivity contribution in [1.82, 2.24) is 5.32 Å². The minimum Gasteiger partial charge on any atom is -0.479 e. The predicted octanol–water partition coefficient (Wildman–Crippen LogP) is 1.77. The van der Waals surface area contributed by atoms with E-state index in [0.29, 0.717) is 13.2 Å². The van der Waals surface area contributed by atoms with E-state index in [-0.39, 0.29) is 23.8 Å². The van der Waals surface area contributed by atoms with Crippen LogP contribution in [0.5, 0.6) is 0 Å². The molecule has 22 heavy (non-hydrogen) atoms. The van der Waals surface area contributed by atoms with Gasteiger partial charge < -0.3 is 19.9 Å². The topological polar surface area (TPSA) is 84.9 Å². The normalized spacial score (nSPS) is 12.0. The third kappa shape index (κ3) is 5.97. The van der Waals surface area contributed by atoms with Crippen molar-refractivity contribution >= 4 is 23.5 Å². The van der Waals surface area contributed by atoms with E-state index in [1.54, 1.807) is 0 Å². The summed E-state index contributed by atoms with van der Waals surface area (Å²) < 4.78 is 23.4. The van der Waals surface area contributed by atoms with Crippen LogP contribution in [0.4, 0.5) is 4.39 Å². The summed E-state index contributed by atoms with van der Waals surface area (Å²) in [5, 5.41) is 11.3. The first-order valence-corrected chi connectivity index (χ1v) is 6.96. The molecule has 0 aromatic heterocycles. The number of carboxylic acids is 1. The third-order valence-corrected chi connectivity index (χ3v) is 2.95. The highest BCUT2D eigenvalue weighted by molar-refractivity contribution is 6.30. The fourth-order valence-electron chi connectivity index (χ4n) is 1.61. The number of carbonyl (C=O) groups is 2. The van der Waals surface area contributed by atoms with Crippen LogP contribution in [-0.2, 0) is 19.1 Å². The van der Waals surface area contributed by atoms with E-state index in [9.17, 15) is 14.0 Å². The number of ether oxygens (including phenoxy) is 2. The molecule has 0 aliphatic carbocycles. The van der Waals surface area contributed by atoms with Gasteiger partial charge in [-0.1, -0.05) is 17.7 Å². The second-order valence-corrected chi connectivity index (χ2v) is 4.67. The Labute approximate surface area is 132 Å². The van der Waals surface area contributed by atoms with E-state index < -0.39 is 23.7 Å². The van der Waals surface area contributed by atoms with Crippen LogP contribution in [0.15, 0.2) is 18.2 Å². The number of rotatable bonds is 9. The summed E-state index contributed by atoms with van der Waals surface area (Å²) in [5.41, 5.74) is 0.0806. The van der Waals surface area contributed by atoms with Gasteiger partial charge >= 0.3 is 5.97 Å². The molecule has 0 bridgehead atoms. The summed E-state index contributed by atoms with van der Waals surface area (Å²) in [6.45, 7) is 2.62. The predicted molar refractivity (Wildman–Crippen MR) is 77.2 cm³/mol. The van der Waals surface area contributed by atoms with E-state index in [1.165, 1.54) is 12.1 Å². The molecule has 8 heteroatoms. The third-order valence-electron chi connectivity index (χ3n) is 2.64. The lowest BCUT2D eigenvalue weighted by Gasteiger charge is -2.15. The fourth-order valence-corrected chi connectivity index (χ4v) is 1.73. The molecular weight excluding hydrogens is 317 g/mol. The number of carbonyl (C=O) groups excluding carboxylic acids is 1.